The van der Waals surface area contributed by atoms with Gasteiger partial charge >= 0.3 is 0 Å². The van der Waals surface area contributed by atoms with Crippen molar-refractivity contribution in [2.75, 3.05) is 0 Å². The highest BCUT2D eigenvalue weighted by molar-refractivity contribution is 5.39. The van der Waals surface area contributed by atoms with Crippen LogP contribution in [0.15, 0.2) is 18.2 Å². The number of aryl methyl sites for hydroxylation is 1. The smallest absolute Gasteiger partial charge is 0.220 e. The summed E-state index contributed by atoms with van der Waals surface area (Å²) >= 11 is 0. The van der Waals surface area contributed by atoms with Crippen molar-refractivity contribution >= 4 is 0 Å². The third-order valence-corrected chi connectivity index (χ3v) is 1.11. The molecular formula is C7H7O2. The molecule has 0 amide bonds. The Morgan fingerprint density at radius 1 is 1.44 bits per heavy atom. The molecule has 0 fully saturated rings. The quantitative estimate of drug-likeness (QED) is 0.561. The molecular weight excluding hydrogens is 116 g/mol. The summed E-state index contributed by atoms with van der Waals surface area (Å²) in [7, 11) is 0. The molecule has 0 aliphatic carbocycles. The van der Waals surface area contributed by atoms with Crippen molar-refractivity contribution in [3.8, 4) is 11.5 Å². The summed E-state index contributed by atoms with van der Waals surface area (Å²) in [6.07, 6.45) is 0. The highest BCUT2D eigenvalue weighted by atomic mass is 16.3. The number of phenolic OH excluding ortho intramolecular Hbond substituents is 1. The fraction of sp³-hybridized carbons (Fsp3) is 0.143. The zero-order valence-corrected chi connectivity index (χ0v) is 5.09. The van der Waals surface area contributed by atoms with Crippen LogP contribution in [-0.2, 0) is 5.11 Å². The van der Waals surface area contributed by atoms with E-state index in [1.165, 1.54) is 12.1 Å². The van der Waals surface area contributed by atoms with E-state index < -0.39 is 0 Å². The van der Waals surface area contributed by atoms with E-state index in [4.69, 9.17) is 5.11 Å². The average Bonchev–Trinajstić information content (AvgIpc) is 1.80. The summed E-state index contributed by atoms with van der Waals surface area (Å²) in [5.74, 6) is -0.490. The van der Waals surface area contributed by atoms with Crippen molar-refractivity contribution in [1.82, 2.24) is 0 Å². The van der Waals surface area contributed by atoms with Gasteiger partial charge in [0.15, 0.2) is 5.75 Å². The Labute approximate surface area is 53.4 Å². The van der Waals surface area contributed by atoms with Crippen LogP contribution in [0.25, 0.3) is 0 Å². The highest BCUT2D eigenvalue weighted by Crippen LogP contribution is 2.24. The van der Waals surface area contributed by atoms with E-state index in [0.717, 1.165) is 5.56 Å². The van der Waals surface area contributed by atoms with E-state index in [-0.39, 0.29) is 11.5 Å². The second-order valence-electron chi connectivity index (χ2n) is 1.97. The van der Waals surface area contributed by atoms with E-state index >= 15 is 0 Å². The van der Waals surface area contributed by atoms with Crippen LogP contribution in [0.3, 0.4) is 0 Å². The molecule has 2 nitrogen and oxygen atoms in total. The van der Waals surface area contributed by atoms with Crippen LogP contribution in [0, 0.1) is 6.92 Å². The van der Waals surface area contributed by atoms with E-state index in [0.29, 0.717) is 0 Å². The summed E-state index contributed by atoms with van der Waals surface area (Å²) in [6, 6.07) is 4.47. The van der Waals surface area contributed by atoms with Gasteiger partial charge in [-0.3, -0.25) is 5.11 Å². The Bertz CT molecular complexity index is 218. The lowest BCUT2D eigenvalue weighted by molar-refractivity contribution is 0.324. The largest absolute Gasteiger partial charge is 0.504 e. The third-order valence-electron chi connectivity index (χ3n) is 1.11. The molecule has 0 atom stereocenters. The average molecular weight is 123 g/mol. The first-order chi connectivity index (χ1) is 4.20. The number of hydrogen-bond donors (Lipinski definition) is 1. The van der Waals surface area contributed by atoms with Crippen LogP contribution in [-0.4, -0.2) is 5.11 Å². The normalized spacial score (nSPS) is 9.44. The van der Waals surface area contributed by atoms with Gasteiger partial charge in [0, 0.05) is 0 Å². The van der Waals surface area contributed by atoms with Gasteiger partial charge < -0.3 is 5.11 Å². The van der Waals surface area contributed by atoms with Gasteiger partial charge in [0.2, 0.25) is 5.75 Å². The first kappa shape index (κ1) is 5.95. The predicted octanol–water partition coefficient (Wildman–Crippen LogP) is 1.84. The Morgan fingerprint density at radius 2 is 2.11 bits per heavy atom. The molecule has 0 spiro atoms. The minimum absolute atomic E-state index is 0.171. The molecule has 9 heavy (non-hydrogen) atoms. The molecule has 1 aromatic rings. The standard InChI is InChI=1S/C7H7O2/c1-5-2-3-6(8)7(9)4-5/h2-4,9H,1H3. The van der Waals surface area contributed by atoms with Crippen molar-refractivity contribution in [3.05, 3.63) is 23.8 Å². The molecule has 0 aliphatic rings. The number of phenols is 1. The molecule has 47 valence electrons. The second kappa shape index (κ2) is 1.97. The Balaban J connectivity index is 3.17. The molecule has 0 saturated carbocycles. The maximum absolute atomic E-state index is 10.5. The van der Waals surface area contributed by atoms with Gasteiger partial charge in [0.1, 0.15) is 0 Å². The van der Waals surface area contributed by atoms with E-state index in [2.05, 4.69) is 0 Å². The molecule has 1 N–H and O–H groups in total. The summed E-state index contributed by atoms with van der Waals surface area (Å²) in [5, 5.41) is 19.3. The third kappa shape index (κ3) is 1.13. The number of aromatic hydroxyl groups is 1. The number of rotatable bonds is 0. The molecule has 0 aliphatic heterocycles. The molecule has 2 heteroatoms. The van der Waals surface area contributed by atoms with Crippen molar-refractivity contribution in [2.24, 2.45) is 0 Å². The summed E-state index contributed by atoms with van der Waals surface area (Å²) in [4.78, 5) is 0. The van der Waals surface area contributed by atoms with Crippen molar-refractivity contribution in [1.29, 1.82) is 0 Å². The molecule has 0 unspecified atom stereocenters. The topological polar surface area (TPSA) is 40.1 Å². The van der Waals surface area contributed by atoms with E-state index in [9.17, 15) is 5.11 Å². The number of hydrogen-bond acceptors (Lipinski definition) is 1. The molecule has 1 rings (SSSR count). The zero-order valence-electron chi connectivity index (χ0n) is 5.09. The van der Waals surface area contributed by atoms with Crippen LogP contribution < -0.4 is 0 Å². The van der Waals surface area contributed by atoms with Gasteiger partial charge in [0.05, 0.1) is 0 Å². The van der Waals surface area contributed by atoms with Gasteiger partial charge in [-0.1, -0.05) is 6.07 Å². The second-order valence-corrected chi connectivity index (χ2v) is 1.97. The van der Waals surface area contributed by atoms with Crippen LogP contribution in [0.5, 0.6) is 11.5 Å². The lowest BCUT2D eigenvalue weighted by Gasteiger charge is -1.93. The zero-order chi connectivity index (χ0) is 6.85. The van der Waals surface area contributed by atoms with Crippen LogP contribution >= 0.6 is 0 Å². The Morgan fingerprint density at radius 3 is 2.56 bits per heavy atom. The lowest BCUT2D eigenvalue weighted by atomic mass is 10.2. The van der Waals surface area contributed by atoms with Gasteiger partial charge in [0.25, 0.3) is 0 Å². The molecule has 0 heterocycles. The summed E-state index contributed by atoms with van der Waals surface area (Å²) < 4.78 is 0. The fourth-order valence-corrected chi connectivity index (χ4v) is 0.627. The first-order valence-electron chi connectivity index (χ1n) is 2.67. The van der Waals surface area contributed by atoms with Crippen molar-refractivity contribution < 1.29 is 10.2 Å². The monoisotopic (exact) mass is 123 g/mol. The Kier molecular flexibility index (Phi) is 1.30. The van der Waals surface area contributed by atoms with Crippen molar-refractivity contribution in [3.63, 3.8) is 0 Å². The van der Waals surface area contributed by atoms with Gasteiger partial charge in [-0.05, 0) is 24.6 Å². The van der Waals surface area contributed by atoms with Gasteiger partial charge in [-0.25, -0.2) is 0 Å². The summed E-state index contributed by atoms with van der Waals surface area (Å²) in [5.41, 5.74) is 0.895. The Hall–Kier alpha value is -1.18. The molecule has 0 bridgehead atoms. The maximum Gasteiger partial charge on any atom is 0.220 e. The number of benzene rings is 1. The fourth-order valence-electron chi connectivity index (χ4n) is 0.627. The summed E-state index contributed by atoms with van der Waals surface area (Å²) in [6.45, 7) is 1.82. The van der Waals surface area contributed by atoms with Gasteiger partial charge in [-0.2, -0.15) is 0 Å². The van der Waals surface area contributed by atoms with Gasteiger partial charge in [-0.15, -0.1) is 0 Å². The minimum atomic E-state index is -0.319. The molecule has 0 aromatic heterocycles. The minimum Gasteiger partial charge on any atom is -0.504 e. The molecule has 0 saturated heterocycles. The molecule has 1 aromatic carbocycles. The highest BCUT2D eigenvalue weighted by Gasteiger charge is 1.97. The maximum atomic E-state index is 10.5. The SMILES string of the molecule is Cc1ccc([O])c(O)c1. The van der Waals surface area contributed by atoms with Crippen LogP contribution in [0.2, 0.25) is 0 Å². The molecule has 1 radical (unpaired) electrons. The lowest BCUT2D eigenvalue weighted by Crippen LogP contribution is -1.69. The van der Waals surface area contributed by atoms with E-state index in [1.807, 2.05) is 6.92 Å². The van der Waals surface area contributed by atoms with Crippen LogP contribution in [0.1, 0.15) is 5.56 Å². The van der Waals surface area contributed by atoms with Crippen molar-refractivity contribution in [2.45, 2.75) is 6.92 Å². The van der Waals surface area contributed by atoms with Crippen LogP contribution in [0.4, 0.5) is 0 Å². The predicted molar refractivity (Wildman–Crippen MR) is 33.0 cm³/mol. The van der Waals surface area contributed by atoms with E-state index in [1.54, 1.807) is 6.07 Å². The first-order valence-corrected chi connectivity index (χ1v) is 2.67.